The van der Waals surface area contributed by atoms with Gasteiger partial charge in [-0.15, -0.1) is 0 Å². The minimum absolute atomic E-state index is 0.106. The van der Waals surface area contributed by atoms with E-state index in [0.717, 1.165) is 0 Å². The van der Waals surface area contributed by atoms with E-state index >= 15 is 0 Å². The maximum absolute atomic E-state index is 13.5. The van der Waals surface area contributed by atoms with Crippen molar-refractivity contribution in [1.82, 2.24) is 4.98 Å². The average molecular weight is 307 g/mol. The molecule has 18 heavy (non-hydrogen) atoms. The van der Waals surface area contributed by atoms with Crippen molar-refractivity contribution >= 4 is 15.9 Å². The first kappa shape index (κ1) is 12.5. The number of hydrogen-bond donors (Lipinski definition) is 0. The zero-order valence-corrected chi connectivity index (χ0v) is 10.8. The lowest BCUT2D eigenvalue weighted by atomic mass is 10.2. The summed E-state index contributed by atoms with van der Waals surface area (Å²) in [4.78, 5) is 3.90. The highest BCUT2D eigenvalue weighted by molar-refractivity contribution is 9.10. The molecule has 0 saturated heterocycles. The highest BCUT2D eigenvalue weighted by Crippen LogP contribution is 2.22. The van der Waals surface area contributed by atoms with Gasteiger partial charge in [0.1, 0.15) is 18.4 Å². The molecular weight excluding hydrogens is 299 g/mol. The second-order valence-corrected chi connectivity index (χ2v) is 4.40. The second-order valence-electron chi connectivity index (χ2n) is 3.49. The Morgan fingerprint density at radius 1 is 1.39 bits per heavy atom. The lowest BCUT2D eigenvalue weighted by Crippen LogP contribution is -2.01. The number of hydrogen-bond acceptors (Lipinski definition) is 3. The lowest BCUT2D eigenvalue weighted by molar-refractivity contribution is 0.289. The molecule has 0 unspecified atom stereocenters. The van der Waals surface area contributed by atoms with E-state index in [1.165, 1.54) is 18.3 Å². The molecule has 2 rings (SSSR count). The fourth-order valence-corrected chi connectivity index (χ4v) is 1.74. The zero-order chi connectivity index (χ0) is 13.0. The fourth-order valence-electron chi connectivity index (χ4n) is 1.40. The molecule has 0 spiro atoms. The van der Waals surface area contributed by atoms with Gasteiger partial charge in [0, 0.05) is 16.2 Å². The number of halogens is 2. The Morgan fingerprint density at radius 3 is 2.94 bits per heavy atom. The Morgan fingerprint density at radius 2 is 2.22 bits per heavy atom. The third-order valence-electron chi connectivity index (χ3n) is 2.27. The van der Waals surface area contributed by atoms with E-state index in [0.29, 0.717) is 10.0 Å². The van der Waals surface area contributed by atoms with E-state index in [2.05, 4.69) is 20.9 Å². The molecule has 1 aromatic carbocycles. The number of pyridine rings is 1. The van der Waals surface area contributed by atoms with Gasteiger partial charge in [-0.2, -0.15) is 5.26 Å². The number of nitriles is 1. The van der Waals surface area contributed by atoms with E-state index in [4.69, 9.17) is 10.00 Å². The summed E-state index contributed by atoms with van der Waals surface area (Å²) < 4.78 is 19.5. The van der Waals surface area contributed by atoms with E-state index in [1.54, 1.807) is 18.2 Å². The van der Waals surface area contributed by atoms with Crippen molar-refractivity contribution in [2.24, 2.45) is 0 Å². The van der Waals surface area contributed by atoms with Crippen LogP contribution in [0.2, 0.25) is 0 Å². The summed E-state index contributed by atoms with van der Waals surface area (Å²) in [5.74, 6) is -0.308. The molecule has 0 aliphatic rings. The molecule has 0 amide bonds. The first-order chi connectivity index (χ1) is 8.70. The number of nitrogens with zero attached hydrogens (tertiary/aromatic N) is 2. The van der Waals surface area contributed by atoms with Gasteiger partial charge in [0.15, 0.2) is 11.6 Å². The molecule has 1 heterocycles. The minimum Gasteiger partial charge on any atom is -0.486 e. The Labute approximate surface area is 112 Å². The van der Waals surface area contributed by atoms with E-state index < -0.39 is 5.82 Å². The summed E-state index contributed by atoms with van der Waals surface area (Å²) in [6.07, 6.45) is 1.53. The van der Waals surface area contributed by atoms with Gasteiger partial charge in [-0.05, 0) is 24.3 Å². The van der Waals surface area contributed by atoms with Crippen LogP contribution in [-0.4, -0.2) is 4.98 Å². The molecule has 0 bridgehead atoms. The minimum atomic E-state index is -0.452. The van der Waals surface area contributed by atoms with Crippen molar-refractivity contribution in [1.29, 1.82) is 5.26 Å². The standard InChI is InChI=1S/C13H8BrFN2O/c14-10-3-4-13(11(15)6-10)18-8-9-2-1-5-17-12(9)7-16/h1-6H,8H2. The molecule has 3 nitrogen and oxygen atoms in total. The highest BCUT2D eigenvalue weighted by Gasteiger charge is 2.07. The van der Waals surface area contributed by atoms with Crippen LogP contribution in [0.3, 0.4) is 0 Å². The summed E-state index contributed by atoms with van der Waals surface area (Å²) in [7, 11) is 0. The fraction of sp³-hybridized carbons (Fsp3) is 0.0769. The van der Waals surface area contributed by atoms with Crippen LogP contribution in [0.1, 0.15) is 11.3 Å². The first-order valence-corrected chi connectivity index (χ1v) is 5.92. The smallest absolute Gasteiger partial charge is 0.166 e. The average Bonchev–Trinajstić information content (AvgIpc) is 2.38. The van der Waals surface area contributed by atoms with E-state index in [-0.39, 0.29) is 18.1 Å². The molecule has 0 aliphatic heterocycles. The SMILES string of the molecule is N#Cc1ncccc1COc1ccc(Br)cc1F. The molecule has 0 fully saturated rings. The van der Waals surface area contributed by atoms with Gasteiger partial charge in [-0.1, -0.05) is 22.0 Å². The van der Waals surface area contributed by atoms with Gasteiger partial charge in [-0.25, -0.2) is 9.37 Å². The van der Waals surface area contributed by atoms with Gasteiger partial charge in [0.05, 0.1) is 0 Å². The molecule has 0 N–H and O–H groups in total. The summed E-state index contributed by atoms with van der Waals surface area (Å²) in [5, 5.41) is 8.86. The molecule has 0 aliphatic carbocycles. The molecular formula is C13H8BrFN2O. The van der Waals surface area contributed by atoms with Crippen molar-refractivity contribution in [2.75, 3.05) is 0 Å². The Hall–Kier alpha value is -1.93. The molecule has 1 aromatic heterocycles. The normalized spacial score (nSPS) is 9.83. The van der Waals surface area contributed by atoms with E-state index in [1.807, 2.05) is 6.07 Å². The highest BCUT2D eigenvalue weighted by atomic mass is 79.9. The molecule has 0 saturated carbocycles. The zero-order valence-electron chi connectivity index (χ0n) is 9.23. The summed E-state index contributed by atoms with van der Waals surface area (Å²) in [6.45, 7) is 0.106. The van der Waals surface area contributed by atoms with Crippen molar-refractivity contribution in [3.05, 3.63) is 58.1 Å². The van der Waals surface area contributed by atoms with Crippen molar-refractivity contribution in [2.45, 2.75) is 6.61 Å². The second kappa shape index (κ2) is 5.61. The van der Waals surface area contributed by atoms with Crippen molar-refractivity contribution in [3.63, 3.8) is 0 Å². The predicted molar refractivity (Wildman–Crippen MR) is 67.4 cm³/mol. The first-order valence-electron chi connectivity index (χ1n) is 5.12. The summed E-state index contributed by atoms with van der Waals surface area (Å²) in [6, 6.07) is 9.93. The van der Waals surface area contributed by atoms with Crippen LogP contribution in [0.5, 0.6) is 5.75 Å². The maximum Gasteiger partial charge on any atom is 0.166 e. The van der Waals surface area contributed by atoms with Crippen LogP contribution in [-0.2, 0) is 6.61 Å². The van der Waals surface area contributed by atoms with Crippen LogP contribution >= 0.6 is 15.9 Å². The van der Waals surface area contributed by atoms with Gasteiger partial charge in [0.25, 0.3) is 0 Å². The Bertz CT molecular complexity index is 610. The third kappa shape index (κ3) is 2.84. The quantitative estimate of drug-likeness (QED) is 0.872. The topological polar surface area (TPSA) is 45.9 Å². The summed E-state index contributed by atoms with van der Waals surface area (Å²) in [5.41, 5.74) is 0.914. The van der Waals surface area contributed by atoms with Gasteiger partial charge < -0.3 is 4.74 Å². The van der Waals surface area contributed by atoms with Crippen molar-refractivity contribution < 1.29 is 9.13 Å². The van der Waals surface area contributed by atoms with Crippen LogP contribution in [0, 0.1) is 17.1 Å². The van der Waals surface area contributed by atoms with Gasteiger partial charge in [-0.3, -0.25) is 0 Å². The molecule has 2 aromatic rings. The van der Waals surface area contributed by atoms with Gasteiger partial charge >= 0.3 is 0 Å². The van der Waals surface area contributed by atoms with Crippen LogP contribution in [0.25, 0.3) is 0 Å². The maximum atomic E-state index is 13.5. The van der Waals surface area contributed by atoms with E-state index in [9.17, 15) is 4.39 Å². The molecule has 90 valence electrons. The Kier molecular flexibility index (Phi) is 3.90. The van der Waals surface area contributed by atoms with Crippen LogP contribution in [0.15, 0.2) is 41.0 Å². The van der Waals surface area contributed by atoms with Crippen LogP contribution < -0.4 is 4.74 Å². The molecule has 0 atom stereocenters. The largest absolute Gasteiger partial charge is 0.486 e. The predicted octanol–water partition coefficient (Wildman–Crippen LogP) is 3.43. The number of ether oxygens (including phenoxy) is 1. The summed E-state index contributed by atoms with van der Waals surface area (Å²) >= 11 is 3.17. The number of rotatable bonds is 3. The third-order valence-corrected chi connectivity index (χ3v) is 2.77. The number of aromatic nitrogens is 1. The number of benzene rings is 1. The van der Waals surface area contributed by atoms with Gasteiger partial charge in [0.2, 0.25) is 0 Å². The van der Waals surface area contributed by atoms with Crippen molar-refractivity contribution in [3.8, 4) is 11.8 Å². The monoisotopic (exact) mass is 306 g/mol. The Balaban J connectivity index is 2.14. The van der Waals surface area contributed by atoms with Crippen LogP contribution in [0.4, 0.5) is 4.39 Å². The molecule has 0 radical (unpaired) electrons. The molecule has 5 heteroatoms. The lowest BCUT2D eigenvalue weighted by Gasteiger charge is -2.08.